The Hall–Kier alpha value is -7.70. The Bertz CT molecular complexity index is 3900. The van der Waals surface area contributed by atoms with Gasteiger partial charge >= 0.3 is 0 Å². The van der Waals surface area contributed by atoms with Crippen molar-refractivity contribution >= 4 is 85.0 Å². The third-order valence-electron chi connectivity index (χ3n) is 12.5. The van der Waals surface area contributed by atoms with Crippen LogP contribution in [0.15, 0.2) is 213 Å². The Morgan fingerprint density at radius 3 is 1.70 bits per heavy atom. The predicted octanol–water partition coefficient (Wildman–Crippen LogP) is 16.6. The molecule has 13 aromatic rings. The van der Waals surface area contributed by atoms with Crippen molar-refractivity contribution in [3.05, 3.63) is 213 Å². The molecule has 5 heteroatoms. The zero-order chi connectivity index (χ0) is 41.4. The largest absolute Gasteiger partial charge is 0.309 e. The summed E-state index contributed by atoms with van der Waals surface area (Å²) in [5.74, 6) is 0. The lowest BCUT2D eigenvalue weighted by Crippen LogP contribution is -1.92. The van der Waals surface area contributed by atoms with Crippen molar-refractivity contribution < 1.29 is 0 Å². The third-order valence-corrected chi connectivity index (χ3v) is 14.8. The molecule has 4 aromatic heterocycles. The highest BCUT2D eigenvalue weighted by molar-refractivity contribution is 7.26. The van der Waals surface area contributed by atoms with Crippen LogP contribution in [-0.2, 0) is 0 Å². The van der Waals surface area contributed by atoms with Crippen molar-refractivity contribution in [2.24, 2.45) is 0 Å². The van der Waals surface area contributed by atoms with E-state index in [0.29, 0.717) is 0 Å². The van der Waals surface area contributed by atoms with Crippen molar-refractivity contribution in [3.63, 3.8) is 0 Å². The lowest BCUT2D eigenvalue weighted by molar-refractivity contribution is 1.18. The molecule has 0 atom stereocenters. The molecule has 0 spiro atoms. The number of para-hydroxylation sites is 2. The van der Waals surface area contributed by atoms with E-state index in [1.165, 1.54) is 96.9 Å². The van der Waals surface area contributed by atoms with E-state index in [1.807, 2.05) is 11.3 Å². The van der Waals surface area contributed by atoms with Crippen molar-refractivity contribution in [1.82, 2.24) is 14.5 Å². The summed E-state index contributed by atoms with van der Waals surface area (Å²) in [5, 5.41) is 6.15. The molecular weight excluding hydrogens is 803 g/mol. The SMILES string of the molecule is c1ccc(-c2ccc(-c3cccc(-c4ccc5sc6c(-c7cccc8sc9ccc(-c%10ccc%11c(c%10)c%10ccccc%10n%11-c%10ccccc%10)cc9c78)ncnc6c5c4)c3)cc2)cc1. The lowest BCUT2D eigenvalue weighted by atomic mass is 9.96. The molecular formula is C58H35N3S2. The van der Waals surface area contributed by atoms with Gasteiger partial charge in [0.15, 0.2) is 0 Å². The van der Waals surface area contributed by atoms with Crippen molar-refractivity contribution in [2.75, 3.05) is 0 Å². The van der Waals surface area contributed by atoms with Crippen LogP contribution < -0.4 is 0 Å². The van der Waals surface area contributed by atoms with Crippen LogP contribution in [0.3, 0.4) is 0 Å². The minimum atomic E-state index is 0.981. The summed E-state index contributed by atoms with van der Waals surface area (Å²) >= 11 is 3.63. The molecule has 3 nitrogen and oxygen atoms in total. The fourth-order valence-corrected chi connectivity index (χ4v) is 11.8. The number of fused-ring (bicyclic) bond motifs is 9. The molecule has 0 aliphatic rings. The van der Waals surface area contributed by atoms with Gasteiger partial charge < -0.3 is 4.57 Å². The first kappa shape index (κ1) is 36.0. The molecule has 0 bridgehead atoms. The summed E-state index contributed by atoms with van der Waals surface area (Å²) in [7, 11) is 0. The second kappa shape index (κ2) is 14.5. The van der Waals surface area contributed by atoms with Crippen molar-refractivity contribution in [1.29, 1.82) is 0 Å². The molecule has 4 heterocycles. The molecule has 0 N–H and O–H groups in total. The minimum Gasteiger partial charge on any atom is -0.309 e. The number of benzene rings is 9. The van der Waals surface area contributed by atoms with Gasteiger partial charge in [0.05, 0.1) is 26.9 Å². The summed E-state index contributed by atoms with van der Waals surface area (Å²) in [6.45, 7) is 0. The normalized spacial score (nSPS) is 11.8. The third kappa shape index (κ3) is 5.93. The average molecular weight is 838 g/mol. The molecule has 0 fully saturated rings. The Labute approximate surface area is 371 Å². The van der Waals surface area contributed by atoms with Gasteiger partial charge in [0.1, 0.15) is 6.33 Å². The van der Waals surface area contributed by atoms with Crippen LogP contribution in [0, 0.1) is 0 Å². The first-order valence-electron chi connectivity index (χ1n) is 21.2. The molecule has 0 saturated carbocycles. The molecule has 0 amide bonds. The van der Waals surface area contributed by atoms with Crippen LogP contribution in [-0.4, -0.2) is 14.5 Å². The molecule has 63 heavy (non-hydrogen) atoms. The van der Waals surface area contributed by atoms with E-state index in [9.17, 15) is 0 Å². The minimum absolute atomic E-state index is 0.981. The Balaban J connectivity index is 0.894. The van der Waals surface area contributed by atoms with Crippen molar-refractivity contribution in [2.45, 2.75) is 0 Å². The lowest BCUT2D eigenvalue weighted by Gasteiger charge is -2.09. The fraction of sp³-hybridized carbons (Fsp3) is 0. The summed E-state index contributed by atoms with van der Waals surface area (Å²) < 4.78 is 7.21. The van der Waals surface area contributed by atoms with E-state index < -0.39 is 0 Å². The van der Waals surface area contributed by atoms with Gasteiger partial charge in [0, 0.05) is 52.3 Å². The Kier molecular flexibility index (Phi) is 8.26. The smallest absolute Gasteiger partial charge is 0.116 e. The second-order valence-electron chi connectivity index (χ2n) is 16.1. The highest BCUT2D eigenvalue weighted by atomic mass is 32.1. The molecule has 9 aromatic carbocycles. The topological polar surface area (TPSA) is 30.7 Å². The average Bonchev–Trinajstić information content (AvgIpc) is 4.03. The summed E-state index contributed by atoms with van der Waals surface area (Å²) in [6.07, 6.45) is 1.75. The van der Waals surface area contributed by atoms with Crippen LogP contribution in [0.5, 0.6) is 0 Å². The zero-order valence-electron chi connectivity index (χ0n) is 33.9. The van der Waals surface area contributed by atoms with Gasteiger partial charge in [-0.3, -0.25) is 0 Å². The molecule has 0 unspecified atom stereocenters. The van der Waals surface area contributed by atoms with E-state index in [-0.39, 0.29) is 0 Å². The summed E-state index contributed by atoms with van der Waals surface area (Å²) in [6, 6.07) is 75.0. The highest BCUT2D eigenvalue weighted by Gasteiger charge is 2.19. The molecule has 0 aliphatic carbocycles. The van der Waals surface area contributed by atoms with E-state index in [4.69, 9.17) is 9.97 Å². The quantitative estimate of drug-likeness (QED) is 0.167. The summed E-state index contributed by atoms with van der Waals surface area (Å²) in [5.41, 5.74) is 16.3. The van der Waals surface area contributed by atoms with E-state index in [1.54, 1.807) is 17.7 Å². The first-order valence-corrected chi connectivity index (χ1v) is 22.8. The zero-order valence-corrected chi connectivity index (χ0v) is 35.5. The van der Waals surface area contributed by atoms with Gasteiger partial charge in [-0.25, -0.2) is 9.97 Å². The Morgan fingerprint density at radius 2 is 0.905 bits per heavy atom. The van der Waals surface area contributed by atoms with Gasteiger partial charge in [0.2, 0.25) is 0 Å². The van der Waals surface area contributed by atoms with Gasteiger partial charge in [-0.15, -0.1) is 22.7 Å². The van der Waals surface area contributed by atoms with Crippen LogP contribution in [0.4, 0.5) is 0 Å². The predicted molar refractivity (Wildman–Crippen MR) is 269 cm³/mol. The molecule has 0 aliphatic heterocycles. The molecule has 13 rings (SSSR count). The van der Waals surface area contributed by atoms with E-state index in [2.05, 4.69) is 211 Å². The maximum atomic E-state index is 5.03. The first-order chi connectivity index (χ1) is 31.2. The maximum absolute atomic E-state index is 5.03. The standard InChI is InChI=1S/C58H35N3S2/c1-3-11-36(12-4-1)37-21-23-38(24-22-37)39-13-9-14-40(31-39)43-27-30-53-49(34-43)57-58(63-53)56(59-35-60-57)46-18-10-20-54-55(46)48-33-42(26-29-52(48)62-54)41-25-28-51-47(32-41)45-17-7-8-19-50(45)61(51)44-15-5-2-6-16-44/h1-35H. The summed E-state index contributed by atoms with van der Waals surface area (Å²) in [4.78, 5) is 9.97. The number of hydrogen-bond acceptors (Lipinski definition) is 4. The molecule has 294 valence electrons. The number of nitrogens with zero attached hydrogens (tertiary/aromatic N) is 3. The number of thiophene rings is 2. The molecule has 0 saturated heterocycles. The fourth-order valence-electron chi connectivity index (χ4n) is 9.52. The number of hydrogen-bond donors (Lipinski definition) is 0. The van der Waals surface area contributed by atoms with Crippen LogP contribution in [0.1, 0.15) is 0 Å². The molecule has 0 radical (unpaired) electrons. The van der Waals surface area contributed by atoms with E-state index in [0.717, 1.165) is 26.9 Å². The van der Waals surface area contributed by atoms with Gasteiger partial charge in [0.25, 0.3) is 0 Å². The van der Waals surface area contributed by atoms with Gasteiger partial charge in [-0.1, -0.05) is 140 Å². The van der Waals surface area contributed by atoms with Crippen molar-refractivity contribution in [3.8, 4) is 61.5 Å². The number of rotatable bonds is 6. The monoisotopic (exact) mass is 837 g/mol. The highest BCUT2D eigenvalue weighted by Crippen LogP contribution is 2.46. The van der Waals surface area contributed by atoms with Gasteiger partial charge in [-0.2, -0.15) is 0 Å². The van der Waals surface area contributed by atoms with Crippen LogP contribution >= 0.6 is 22.7 Å². The number of aromatic nitrogens is 3. The maximum Gasteiger partial charge on any atom is 0.116 e. The second-order valence-corrected chi connectivity index (χ2v) is 18.3. The van der Waals surface area contributed by atoms with Crippen LogP contribution in [0.25, 0.3) is 124 Å². The van der Waals surface area contributed by atoms with E-state index >= 15 is 0 Å². The Morgan fingerprint density at radius 1 is 0.349 bits per heavy atom. The van der Waals surface area contributed by atoms with Gasteiger partial charge in [-0.05, 0) is 111 Å². The van der Waals surface area contributed by atoms with Crippen LogP contribution in [0.2, 0.25) is 0 Å².